The molecule has 0 bridgehead atoms. The molecule has 1 N–H and O–H groups in total. The average Bonchev–Trinajstić information content (AvgIpc) is 2.16. The molecule has 0 fully saturated rings. The minimum atomic E-state index is -0.438. The minimum absolute atomic E-state index is 0.413. The molecule has 1 rings (SSSR count). The standard InChI is InChI=1S/C10H14N2O2/c1-8(2)6-12-10(13)14-9-4-3-5-11-7-9/h3-5,7-8H,6H2,1-2H3,(H,12,13). The van der Waals surface area contributed by atoms with E-state index in [9.17, 15) is 4.79 Å². The van der Waals surface area contributed by atoms with Crippen LogP contribution in [0.25, 0.3) is 0 Å². The molecule has 0 saturated heterocycles. The van der Waals surface area contributed by atoms with Crippen molar-refractivity contribution >= 4 is 6.09 Å². The Balaban J connectivity index is 2.35. The smallest absolute Gasteiger partial charge is 0.409 e. The molecule has 0 saturated carbocycles. The first-order valence-electron chi connectivity index (χ1n) is 4.54. The van der Waals surface area contributed by atoms with Crippen molar-refractivity contribution in [3.63, 3.8) is 0 Å². The lowest BCUT2D eigenvalue weighted by atomic mass is 10.2. The number of carbonyl (C=O) groups excluding carboxylic acids is 1. The van der Waals surface area contributed by atoms with Crippen LogP contribution in [-0.2, 0) is 0 Å². The van der Waals surface area contributed by atoms with Gasteiger partial charge in [0, 0.05) is 12.7 Å². The fraction of sp³-hybridized carbons (Fsp3) is 0.400. The van der Waals surface area contributed by atoms with Crippen molar-refractivity contribution in [3.05, 3.63) is 24.5 Å². The molecule has 0 aliphatic rings. The Labute approximate surface area is 83.3 Å². The number of aromatic nitrogens is 1. The summed E-state index contributed by atoms with van der Waals surface area (Å²) in [5, 5.41) is 2.64. The molecule has 1 aromatic rings. The summed E-state index contributed by atoms with van der Waals surface area (Å²) in [6.07, 6.45) is 2.68. The third-order valence-corrected chi connectivity index (χ3v) is 1.50. The van der Waals surface area contributed by atoms with Crippen LogP contribution in [0.3, 0.4) is 0 Å². The molecule has 4 nitrogen and oxygen atoms in total. The summed E-state index contributed by atoms with van der Waals surface area (Å²) in [6.45, 7) is 4.65. The summed E-state index contributed by atoms with van der Waals surface area (Å²) in [7, 11) is 0. The van der Waals surface area contributed by atoms with Gasteiger partial charge in [-0.15, -0.1) is 0 Å². The van der Waals surface area contributed by atoms with Gasteiger partial charge in [0.25, 0.3) is 0 Å². The van der Waals surface area contributed by atoms with Gasteiger partial charge in [-0.05, 0) is 18.1 Å². The zero-order valence-corrected chi connectivity index (χ0v) is 8.36. The number of hydrogen-bond donors (Lipinski definition) is 1. The Morgan fingerprint density at radius 2 is 2.43 bits per heavy atom. The molecule has 0 atom stereocenters. The van der Waals surface area contributed by atoms with E-state index in [1.807, 2.05) is 13.8 Å². The SMILES string of the molecule is CC(C)CNC(=O)Oc1cccnc1. The van der Waals surface area contributed by atoms with Crippen LogP contribution in [-0.4, -0.2) is 17.6 Å². The summed E-state index contributed by atoms with van der Waals surface area (Å²) >= 11 is 0. The van der Waals surface area contributed by atoms with Crippen molar-refractivity contribution in [2.75, 3.05) is 6.54 Å². The minimum Gasteiger partial charge on any atom is -0.409 e. The van der Waals surface area contributed by atoms with Gasteiger partial charge in [-0.25, -0.2) is 4.79 Å². The van der Waals surface area contributed by atoms with Crippen LogP contribution in [0.4, 0.5) is 4.79 Å². The van der Waals surface area contributed by atoms with Crippen molar-refractivity contribution in [1.29, 1.82) is 0 Å². The molecule has 0 spiro atoms. The first-order valence-corrected chi connectivity index (χ1v) is 4.54. The number of ether oxygens (including phenoxy) is 1. The van der Waals surface area contributed by atoms with Crippen molar-refractivity contribution in [1.82, 2.24) is 10.3 Å². The number of hydrogen-bond acceptors (Lipinski definition) is 3. The number of amides is 1. The van der Waals surface area contributed by atoms with E-state index in [-0.39, 0.29) is 0 Å². The first kappa shape index (κ1) is 10.5. The van der Waals surface area contributed by atoms with Crippen molar-refractivity contribution in [2.24, 2.45) is 5.92 Å². The van der Waals surface area contributed by atoms with Gasteiger partial charge in [0.1, 0.15) is 0 Å². The molecule has 0 aromatic carbocycles. The Morgan fingerprint density at radius 1 is 1.64 bits per heavy atom. The Hall–Kier alpha value is -1.58. The van der Waals surface area contributed by atoms with Gasteiger partial charge >= 0.3 is 6.09 Å². The van der Waals surface area contributed by atoms with Gasteiger partial charge < -0.3 is 10.1 Å². The molecule has 1 amide bonds. The molecular formula is C10H14N2O2. The first-order chi connectivity index (χ1) is 6.68. The van der Waals surface area contributed by atoms with Crippen molar-refractivity contribution in [3.8, 4) is 5.75 Å². The van der Waals surface area contributed by atoms with E-state index in [4.69, 9.17) is 4.74 Å². The van der Waals surface area contributed by atoms with E-state index in [1.165, 1.54) is 6.20 Å². The number of carbonyl (C=O) groups is 1. The monoisotopic (exact) mass is 194 g/mol. The normalized spacial score (nSPS) is 9.93. The summed E-state index contributed by atoms with van der Waals surface area (Å²) in [5.74, 6) is 0.866. The molecule has 1 heterocycles. The van der Waals surface area contributed by atoms with Crippen LogP contribution in [0.2, 0.25) is 0 Å². The lowest BCUT2D eigenvalue weighted by Gasteiger charge is -2.07. The maximum Gasteiger partial charge on any atom is 0.412 e. The Morgan fingerprint density at radius 3 is 3.00 bits per heavy atom. The average molecular weight is 194 g/mol. The van der Waals surface area contributed by atoms with E-state index in [0.29, 0.717) is 18.2 Å². The summed E-state index contributed by atoms with van der Waals surface area (Å²) in [6, 6.07) is 3.40. The van der Waals surface area contributed by atoms with Crippen molar-refractivity contribution in [2.45, 2.75) is 13.8 Å². The molecule has 0 radical (unpaired) electrons. The number of nitrogens with zero attached hydrogens (tertiary/aromatic N) is 1. The van der Waals surface area contributed by atoms with Gasteiger partial charge in [0.05, 0.1) is 6.20 Å². The fourth-order valence-electron chi connectivity index (χ4n) is 0.838. The molecule has 1 aromatic heterocycles. The molecule has 0 aliphatic carbocycles. The topological polar surface area (TPSA) is 51.2 Å². The predicted octanol–water partition coefficient (Wildman–Crippen LogP) is 1.83. The Kier molecular flexibility index (Phi) is 3.91. The lowest BCUT2D eigenvalue weighted by molar-refractivity contribution is 0.199. The third-order valence-electron chi connectivity index (χ3n) is 1.50. The van der Waals surface area contributed by atoms with Crippen LogP contribution in [0.15, 0.2) is 24.5 Å². The highest BCUT2D eigenvalue weighted by Gasteiger charge is 2.03. The number of nitrogens with one attached hydrogen (secondary N) is 1. The summed E-state index contributed by atoms with van der Waals surface area (Å²) in [4.78, 5) is 15.0. The second-order valence-electron chi connectivity index (χ2n) is 3.35. The number of rotatable bonds is 3. The van der Waals surface area contributed by atoms with Crippen LogP contribution in [0.1, 0.15) is 13.8 Å². The van der Waals surface area contributed by atoms with E-state index in [2.05, 4.69) is 10.3 Å². The molecular weight excluding hydrogens is 180 g/mol. The zero-order valence-electron chi connectivity index (χ0n) is 8.36. The van der Waals surface area contributed by atoms with Gasteiger partial charge in [-0.3, -0.25) is 4.98 Å². The lowest BCUT2D eigenvalue weighted by Crippen LogP contribution is -2.30. The van der Waals surface area contributed by atoms with Gasteiger partial charge in [-0.1, -0.05) is 13.8 Å². The number of pyridine rings is 1. The maximum absolute atomic E-state index is 11.2. The van der Waals surface area contributed by atoms with Crippen LogP contribution < -0.4 is 10.1 Å². The largest absolute Gasteiger partial charge is 0.412 e. The molecule has 76 valence electrons. The molecule has 0 aliphatic heterocycles. The van der Waals surface area contributed by atoms with Gasteiger partial charge in [-0.2, -0.15) is 0 Å². The maximum atomic E-state index is 11.2. The second-order valence-corrected chi connectivity index (χ2v) is 3.35. The van der Waals surface area contributed by atoms with Crippen LogP contribution >= 0.6 is 0 Å². The fourth-order valence-corrected chi connectivity index (χ4v) is 0.838. The Bertz CT molecular complexity index is 285. The molecule has 0 unspecified atom stereocenters. The van der Waals surface area contributed by atoms with Crippen molar-refractivity contribution < 1.29 is 9.53 Å². The quantitative estimate of drug-likeness (QED) is 0.798. The third kappa shape index (κ3) is 3.89. The highest BCUT2D eigenvalue weighted by molar-refractivity contribution is 5.70. The van der Waals surface area contributed by atoms with E-state index >= 15 is 0 Å². The summed E-state index contributed by atoms with van der Waals surface area (Å²) < 4.78 is 4.95. The highest BCUT2D eigenvalue weighted by atomic mass is 16.6. The van der Waals surface area contributed by atoms with Gasteiger partial charge in [0.2, 0.25) is 0 Å². The van der Waals surface area contributed by atoms with E-state index in [1.54, 1.807) is 18.3 Å². The zero-order chi connectivity index (χ0) is 10.4. The van der Waals surface area contributed by atoms with E-state index in [0.717, 1.165) is 0 Å². The molecule has 4 heteroatoms. The van der Waals surface area contributed by atoms with E-state index < -0.39 is 6.09 Å². The van der Waals surface area contributed by atoms with Crippen LogP contribution in [0, 0.1) is 5.92 Å². The van der Waals surface area contributed by atoms with Gasteiger partial charge in [0.15, 0.2) is 5.75 Å². The highest BCUT2D eigenvalue weighted by Crippen LogP contribution is 2.05. The summed E-state index contributed by atoms with van der Waals surface area (Å²) in [5.41, 5.74) is 0. The molecule has 14 heavy (non-hydrogen) atoms. The predicted molar refractivity (Wildman–Crippen MR) is 53.1 cm³/mol. The van der Waals surface area contributed by atoms with Crippen LogP contribution in [0.5, 0.6) is 5.75 Å². The second kappa shape index (κ2) is 5.21.